The van der Waals surface area contributed by atoms with Gasteiger partial charge in [-0.3, -0.25) is 0 Å². The van der Waals surface area contributed by atoms with E-state index in [1.807, 2.05) is 4.90 Å². The summed E-state index contributed by atoms with van der Waals surface area (Å²) in [6.45, 7) is 2.56. The second-order valence-electron chi connectivity index (χ2n) is 5.61. The normalized spacial score (nSPS) is 15.4. The number of sulfone groups is 1. The number of ether oxygens (including phenoxy) is 1. The van der Waals surface area contributed by atoms with Gasteiger partial charge >= 0.3 is 0 Å². The lowest BCUT2D eigenvalue weighted by atomic mass is 10.3. The Morgan fingerprint density at radius 1 is 1.22 bits per heavy atom. The van der Waals surface area contributed by atoms with E-state index in [2.05, 4.69) is 9.97 Å². The lowest BCUT2D eigenvalue weighted by Crippen LogP contribution is -2.37. The molecule has 0 amide bonds. The first-order valence-corrected chi connectivity index (χ1v) is 10.1. The molecule has 1 aliphatic rings. The number of halogens is 2. The number of nitriles is 1. The molecular weight excluding hydrogens is 411 g/mol. The average Bonchev–Trinajstić information content (AvgIpc) is 2.69. The molecule has 0 bridgehead atoms. The van der Waals surface area contributed by atoms with Crippen molar-refractivity contribution in [3.05, 3.63) is 51.1 Å². The number of nitrogens with zero attached hydrogens (tertiary/aromatic N) is 4. The van der Waals surface area contributed by atoms with Crippen molar-refractivity contribution in [2.75, 3.05) is 31.2 Å². The van der Waals surface area contributed by atoms with Crippen molar-refractivity contribution < 1.29 is 13.2 Å². The predicted molar refractivity (Wildman–Crippen MR) is 102 cm³/mol. The SMILES string of the molecule is N#C/C(=C\c1cnc(N2CCOCC2)nc1)S(=O)(=O)c1cc(Cl)ccc1Cl. The van der Waals surface area contributed by atoms with Gasteiger partial charge < -0.3 is 9.64 Å². The van der Waals surface area contributed by atoms with Gasteiger partial charge in [0.05, 0.1) is 23.1 Å². The molecule has 1 fully saturated rings. The Morgan fingerprint density at radius 2 is 1.89 bits per heavy atom. The van der Waals surface area contributed by atoms with E-state index in [4.69, 9.17) is 27.9 Å². The third-order valence-electron chi connectivity index (χ3n) is 3.83. The quantitative estimate of drug-likeness (QED) is 0.695. The molecule has 1 saturated heterocycles. The number of allylic oxidation sites excluding steroid dienone is 1. The number of rotatable bonds is 4. The Balaban J connectivity index is 1.92. The summed E-state index contributed by atoms with van der Waals surface area (Å²) in [5, 5.41) is 9.55. The molecule has 0 atom stereocenters. The Bertz CT molecular complexity index is 1010. The van der Waals surface area contributed by atoms with Crippen LogP contribution in [0.2, 0.25) is 10.0 Å². The maximum absolute atomic E-state index is 12.8. The summed E-state index contributed by atoms with van der Waals surface area (Å²) in [5.74, 6) is 0.523. The molecule has 0 aliphatic carbocycles. The second-order valence-corrected chi connectivity index (χ2v) is 8.34. The highest BCUT2D eigenvalue weighted by molar-refractivity contribution is 7.95. The van der Waals surface area contributed by atoms with Crippen molar-refractivity contribution in [1.82, 2.24) is 9.97 Å². The van der Waals surface area contributed by atoms with Crippen LogP contribution in [0.5, 0.6) is 0 Å². The summed E-state index contributed by atoms with van der Waals surface area (Å²) >= 11 is 11.8. The lowest BCUT2D eigenvalue weighted by Gasteiger charge is -2.26. The van der Waals surface area contributed by atoms with E-state index in [-0.39, 0.29) is 14.9 Å². The van der Waals surface area contributed by atoms with E-state index in [9.17, 15) is 13.7 Å². The number of morpholine rings is 1. The van der Waals surface area contributed by atoms with Crippen LogP contribution in [0.25, 0.3) is 6.08 Å². The van der Waals surface area contributed by atoms with Crippen molar-refractivity contribution in [3.63, 3.8) is 0 Å². The molecule has 0 unspecified atom stereocenters. The van der Waals surface area contributed by atoms with Gasteiger partial charge in [-0.1, -0.05) is 23.2 Å². The van der Waals surface area contributed by atoms with Crippen LogP contribution < -0.4 is 4.90 Å². The minimum atomic E-state index is -4.13. The van der Waals surface area contributed by atoms with E-state index in [0.29, 0.717) is 37.8 Å². The minimum absolute atomic E-state index is 0.0144. The molecular formula is C17H14Cl2N4O3S. The lowest BCUT2D eigenvalue weighted by molar-refractivity contribution is 0.122. The molecule has 27 heavy (non-hydrogen) atoms. The van der Waals surface area contributed by atoms with E-state index >= 15 is 0 Å². The highest BCUT2D eigenvalue weighted by atomic mass is 35.5. The van der Waals surface area contributed by atoms with E-state index in [1.165, 1.54) is 36.7 Å². The molecule has 1 aromatic heterocycles. The molecule has 140 valence electrons. The van der Waals surface area contributed by atoms with Gasteiger partial charge in [0.25, 0.3) is 0 Å². The molecule has 10 heteroatoms. The second kappa shape index (κ2) is 8.23. The van der Waals surface area contributed by atoms with Gasteiger partial charge in [0.1, 0.15) is 11.0 Å². The topological polar surface area (TPSA) is 96.2 Å². The highest BCUT2D eigenvalue weighted by Gasteiger charge is 2.24. The van der Waals surface area contributed by atoms with Crippen LogP contribution in [-0.2, 0) is 14.6 Å². The fourth-order valence-corrected chi connectivity index (χ4v) is 4.37. The van der Waals surface area contributed by atoms with Gasteiger partial charge in [-0.2, -0.15) is 5.26 Å². The maximum Gasteiger partial charge on any atom is 0.225 e. The number of hydrogen-bond donors (Lipinski definition) is 0. The largest absolute Gasteiger partial charge is 0.378 e. The summed E-state index contributed by atoms with van der Waals surface area (Å²) in [6.07, 6.45) is 4.13. The van der Waals surface area contributed by atoms with Crippen molar-refractivity contribution in [2.24, 2.45) is 0 Å². The van der Waals surface area contributed by atoms with Crippen LogP contribution in [0.3, 0.4) is 0 Å². The first-order chi connectivity index (χ1) is 12.9. The Hall–Kier alpha value is -2.18. The van der Waals surface area contributed by atoms with Gasteiger partial charge in [-0.25, -0.2) is 18.4 Å². The number of aromatic nitrogens is 2. The van der Waals surface area contributed by atoms with Gasteiger partial charge in [0.15, 0.2) is 0 Å². The van der Waals surface area contributed by atoms with Gasteiger partial charge in [0, 0.05) is 36.1 Å². The van der Waals surface area contributed by atoms with Gasteiger partial charge in [0.2, 0.25) is 15.8 Å². The van der Waals surface area contributed by atoms with Crippen LogP contribution in [0.4, 0.5) is 5.95 Å². The molecule has 1 aliphatic heterocycles. The molecule has 2 aromatic rings. The fourth-order valence-electron chi connectivity index (χ4n) is 2.46. The highest BCUT2D eigenvalue weighted by Crippen LogP contribution is 2.30. The zero-order chi connectivity index (χ0) is 19.4. The molecule has 2 heterocycles. The predicted octanol–water partition coefficient (Wildman–Crippen LogP) is 2.96. The third kappa shape index (κ3) is 4.39. The smallest absolute Gasteiger partial charge is 0.225 e. The zero-order valence-electron chi connectivity index (χ0n) is 14.0. The van der Waals surface area contributed by atoms with Crippen LogP contribution >= 0.6 is 23.2 Å². The van der Waals surface area contributed by atoms with Crippen molar-refractivity contribution in [1.29, 1.82) is 5.26 Å². The number of hydrogen-bond acceptors (Lipinski definition) is 7. The summed E-state index contributed by atoms with van der Waals surface area (Å²) in [4.78, 5) is 9.74. The molecule has 3 rings (SSSR count). The van der Waals surface area contributed by atoms with Crippen molar-refractivity contribution in [3.8, 4) is 6.07 Å². The molecule has 0 radical (unpaired) electrons. The summed E-state index contributed by atoms with van der Waals surface area (Å²) < 4.78 is 30.8. The van der Waals surface area contributed by atoms with Crippen LogP contribution in [0.15, 0.2) is 40.4 Å². The first-order valence-electron chi connectivity index (χ1n) is 7.88. The summed E-state index contributed by atoms with van der Waals surface area (Å²) in [5.41, 5.74) is 0.380. The van der Waals surface area contributed by atoms with Crippen LogP contribution in [0, 0.1) is 11.3 Å². The third-order valence-corrected chi connectivity index (χ3v) is 6.21. The fraction of sp³-hybridized carbons (Fsp3) is 0.235. The molecule has 0 spiro atoms. The average molecular weight is 425 g/mol. The monoisotopic (exact) mass is 424 g/mol. The minimum Gasteiger partial charge on any atom is -0.378 e. The van der Waals surface area contributed by atoms with Crippen LogP contribution in [0.1, 0.15) is 5.56 Å². The molecule has 0 saturated carbocycles. The molecule has 0 N–H and O–H groups in total. The number of benzene rings is 1. The van der Waals surface area contributed by atoms with E-state index in [0.717, 1.165) is 0 Å². The maximum atomic E-state index is 12.8. The summed E-state index contributed by atoms with van der Waals surface area (Å²) in [6, 6.07) is 5.75. The Labute approximate surface area is 166 Å². The van der Waals surface area contributed by atoms with Crippen molar-refractivity contribution in [2.45, 2.75) is 4.90 Å². The van der Waals surface area contributed by atoms with Crippen molar-refractivity contribution >= 4 is 45.1 Å². The van der Waals surface area contributed by atoms with Gasteiger partial charge in [-0.05, 0) is 24.3 Å². The van der Waals surface area contributed by atoms with Gasteiger partial charge in [-0.15, -0.1) is 0 Å². The Kier molecular flexibility index (Phi) is 5.97. The van der Waals surface area contributed by atoms with Crippen LogP contribution in [-0.4, -0.2) is 44.7 Å². The molecule has 1 aromatic carbocycles. The zero-order valence-corrected chi connectivity index (χ0v) is 16.3. The molecule has 7 nitrogen and oxygen atoms in total. The number of anilines is 1. The standard InChI is InChI=1S/C17H14Cl2N4O3S/c18-13-1-2-15(19)16(8-13)27(24,25)14(9-20)7-12-10-21-17(22-11-12)23-3-5-26-6-4-23/h1-2,7-8,10-11H,3-6H2/b14-7+. The van der Waals surface area contributed by atoms with E-state index in [1.54, 1.807) is 6.07 Å². The van der Waals surface area contributed by atoms with E-state index < -0.39 is 14.7 Å². The Morgan fingerprint density at radius 3 is 2.52 bits per heavy atom. The first kappa shape index (κ1) is 19.6. The summed E-state index contributed by atoms with van der Waals surface area (Å²) in [7, 11) is -4.13.